The minimum atomic E-state index is -0.328. The van der Waals surface area contributed by atoms with Crippen LogP contribution < -0.4 is 0 Å². The standard InChI is InChI=1S/C12H22O2/c1-7-9(2)8-10(13)11(14-6)12(3,4)5/h11H,2,7-8H2,1,3-6H3. The fourth-order valence-corrected chi connectivity index (χ4v) is 1.43. The summed E-state index contributed by atoms with van der Waals surface area (Å²) in [6.07, 6.45) is 0.962. The smallest absolute Gasteiger partial charge is 0.166 e. The molecule has 0 aliphatic carbocycles. The number of carbonyl (C=O) groups excluding carboxylic acids is 1. The van der Waals surface area contributed by atoms with Crippen LogP contribution in [0.15, 0.2) is 12.2 Å². The summed E-state index contributed by atoms with van der Waals surface area (Å²) in [6, 6.07) is 0. The first-order valence-corrected chi connectivity index (χ1v) is 5.05. The Morgan fingerprint density at radius 3 is 2.21 bits per heavy atom. The summed E-state index contributed by atoms with van der Waals surface area (Å²) in [5.41, 5.74) is 0.834. The summed E-state index contributed by atoms with van der Waals surface area (Å²) in [7, 11) is 1.59. The monoisotopic (exact) mass is 198 g/mol. The number of rotatable bonds is 5. The van der Waals surface area contributed by atoms with Crippen molar-refractivity contribution in [2.75, 3.05) is 7.11 Å². The normalized spacial score (nSPS) is 13.8. The van der Waals surface area contributed by atoms with Crippen LogP contribution in [0, 0.1) is 5.41 Å². The SMILES string of the molecule is C=C(CC)CC(=O)C(OC)C(C)(C)C. The summed E-state index contributed by atoms with van der Waals surface area (Å²) in [4.78, 5) is 11.8. The number of carbonyl (C=O) groups is 1. The van der Waals surface area contributed by atoms with Gasteiger partial charge in [-0.3, -0.25) is 4.79 Å². The summed E-state index contributed by atoms with van der Waals surface area (Å²) >= 11 is 0. The van der Waals surface area contributed by atoms with Gasteiger partial charge in [0.25, 0.3) is 0 Å². The van der Waals surface area contributed by atoms with Crippen molar-refractivity contribution in [3.05, 3.63) is 12.2 Å². The lowest BCUT2D eigenvalue weighted by Crippen LogP contribution is -2.36. The highest BCUT2D eigenvalue weighted by molar-refractivity contribution is 5.85. The molecule has 0 radical (unpaired) electrons. The highest BCUT2D eigenvalue weighted by Crippen LogP contribution is 2.24. The van der Waals surface area contributed by atoms with E-state index in [2.05, 4.69) is 6.58 Å². The van der Waals surface area contributed by atoms with E-state index in [0.29, 0.717) is 6.42 Å². The maximum atomic E-state index is 11.8. The van der Waals surface area contributed by atoms with Gasteiger partial charge in [-0.1, -0.05) is 39.8 Å². The number of ether oxygens (including phenoxy) is 1. The van der Waals surface area contributed by atoms with Crippen LogP contribution in [0.2, 0.25) is 0 Å². The quantitative estimate of drug-likeness (QED) is 0.635. The Labute approximate surface area is 87.3 Å². The van der Waals surface area contributed by atoms with Crippen molar-refractivity contribution in [1.29, 1.82) is 0 Å². The van der Waals surface area contributed by atoms with Crippen LogP contribution in [0.5, 0.6) is 0 Å². The third kappa shape index (κ3) is 4.05. The molecule has 0 heterocycles. The van der Waals surface area contributed by atoms with Gasteiger partial charge >= 0.3 is 0 Å². The number of hydrogen-bond acceptors (Lipinski definition) is 2. The molecule has 0 saturated carbocycles. The maximum absolute atomic E-state index is 11.8. The molecule has 0 fully saturated rings. The van der Waals surface area contributed by atoms with Crippen molar-refractivity contribution >= 4 is 5.78 Å². The molecular weight excluding hydrogens is 176 g/mol. The van der Waals surface area contributed by atoms with E-state index >= 15 is 0 Å². The van der Waals surface area contributed by atoms with E-state index in [1.165, 1.54) is 0 Å². The molecule has 1 atom stereocenters. The first-order chi connectivity index (χ1) is 6.32. The first-order valence-electron chi connectivity index (χ1n) is 5.05. The van der Waals surface area contributed by atoms with Crippen molar-refractivity contribution in [1.82, 2.24) is 0 Å². The number of hydrogen-bond donors (Lipinski definition) is 0. The van der Waals surface area contributed by atoms with Crippen molar-refractivity contribution in [2.45, 2.75) is 46.6 Å². The Morgan fingerprint density at radius 1 is 1.43 bits per heavy atom. The molecule has 2 nitrogen and oxygen atoms in total. The van der Waals surface area contributed by atoms with Gasteiger partial charge in [0, 0.05) is 13.5 Å². The lowest BCUT2D eigenvalue weighted by Gasteiger charge is -2.28. The third-order valence-electron chi connectivity index (χ3n) is 2.24. The highest BCUT2D eigenvalue weighted by atomic mass is 16.5. The van der Waals surface area contributed by atoms with Gasteiger partial charge in [-0.2, -0.15) is 0 Å². The van der Waals surface area contributed by atoms with Gasteiger partial charge in [0.15, 0.2) is 5.78 Å². The fraction of sp³-hybridized carbons (Fsp3) is 0.750. The number of methoxy groups -OCH3 is 1. The second-order valence-corrected chi connectivity index (χ2v) is 4.73. The number of ketones is 1. The molecule has 0 aromatic carbocycles. The highest BCUT2D eigenvalue weighted by Gasteiger charge is 2.30. The van der Waals surface area contributed by atoms with E-state index in [4.69, 9.17) is 4.74 Å². The van der Waals surface area contributed by atoms with Gasteiger partial charge in [0.1, 0.15) is 6.10 Å². The van der Waals surface area contributed by atoms with Crippen molar-refractivity contribution in [3.8, 4) is 0 Å². The molecule has 0 aromatic heterocycles. The summed E-state index contributed by atoms with van der Waals surface area (Å²) in [5, 5.41) is 0. The van der Waals surface area contributed by atoms with Gasteiger partial charge in [0.2, 0.25) is 0 Å². The van der Waals surface area contributed by atoms with Crippen LogP contribution in [-0.4, -0.2) is 19.0 Å². The lowest BCUT2D eigenvalue weighted by molar-refractivity contribution is -0.134. The van der Waals surface area contributed by atoms with Crippen molar-refractivity contribution in [2.24, 2.45) is 5.41 Å². The summed E-state index contributed by atoms with van der Waals surface area (Å²) in [5.74, 6) is 0.131. The Bertz CT molecular complexity index is 211. The molecular formula is C12H22O2. The zero-order chi connectivity index (χ0) is 11.4. The molecule has 0 N–H and O–H groups in total. The van der Waals surface area contributed by atoms with Crippen LogP contribution >= 0.6 is 0 Å². The fourth-order valence-electron chi connectivity index (χ4n) is 1.43. The van der Waals surface area contributed by atoms with Crippen LogP contribution in [0.3, 0.4) is 0 Å². The summed E-state index contributed by atoms with van der Waals surface area (Å²) in [6.45, 7) is 11.9. The Hall–Kier alpha value is -0.630. The largest absolute Gasteiger partial charge is 0.373 e. The lowest BCUT2D eigenvalue weighted by atomic mass is 9.84. The average Bonchev–Trinajstić information content (AvgIpc) is 2.02. The zero-order valence-electron chi connectivity index (χ0n) is 10.0. The predicted octanol–water partition coefficient (Wildman–Crippen LogP) is 2.97. The maximum Gasteiger partial charge on any atom is 0.166 e. The first kappa shape index (κ1) is 13.4. The van der Waals surface area contributed by atoms with Gasteiger partial charge in [-0.25, -0.2) is 0 Å². The van der Waals surface area contributed by atoms with E-state index in [1.807, 2.05) is 27.7 Å². The molecule has 0 bridgehead atoms. The van der Waals surface area contributed by atoms with Crippen molar-refractivity contribution < 1.29 is 9.53 Å². The van der Waals surface area contributed by atoms with E-state index in [1.54, 1.807) is 7.11 Å². The molecule has 1 unspecified atom stereocenters. The minimum absolute atomic E-state index is 0.131. The van der Waals surface area contributed by atoms with Crippen LogP contribution in [0.4, 0.5) is 0 Å². The van der Waals surface area contributed by atoms with E-state index < -0.39 is 0 Å². The molecule has 0 spiro atoms. The molecule has 0 saturated heterocycles. The van der Waals surface area contributed by atoms with E-state index in [-0.39, 0.29) is 17.3 Å². The topological polar surface area (TPSA) is 26.3 Å². The molecule has 0 aliphatic rings. The van der Waals surface area contributed by atoms with Gasteiger partial charge in [0.05, 0.1) is 0 Å². The average molecular weight is 198 g/mol. The number of Topliss-reactive ketones (excluding diaryl/α,β-unsaturated/α-hetero) is 1. The Morgan fingerprint density at radius 2 is 1.93 bits per heavy atom. The van der Waals surface area contributed by atoms with E-state index in [9.17, 15) is 4.79 Å². The Kier molecular flexibility index (Phi) is 5.06. The molecule has 0 rings (SSSR count). The molecule has 0 aliphatic heterocycles. The zero-order valence-corrected chi connectivity index (χ0v) is 10.0. The van der Waals surface area contributed by atoms with Crippen LogP contribution in [0.25, 0.3) is 0 Å². The second-order valence-electron chi connectivity index (χ2n) is 4.73. The van der Waals surface area contributed by atoms with E-state index in [0.717, 1.165) is 12.0 Å². The van der Waals surface area contributed by atoms with Gasteiger partial charge in [-0.05, 0) is 11.8 Å². The second kappa shape index (κ2) is 5.30. The number of allylic oxidation sites excluding steroid dienone is 1. The molecule has 0 amide bonds. The van der Waals surface area contributed by atoms with Crippen molar-refractivity contribution in [3.63, 3.8) is 0 Å². The predicted molar refractivity (Wildman–Crippen MR) is 59.3 cm³/mol. The molecule has 82 valence electrons. The minimum Gasteiger partial charge on any atom is -0.373 e. The van der Waals surface area contributed by atoms with Crippen LogP contribution in [-0.2, 0) is 9.53 Å². The molecule has 14 heavy (non-hydrogen) atoms. The summed E-state index contributed by atoms with van der Waals surface area (Å²) < 4.78 is 5.23. The van der Waals surface area contributed by atoms with Crippen LogP contribution in [0.1, 0.15) is 40.5 Å². The third-order valence-corrected chi connectivity index (χ3v) is 2.24. The van der Waals surface area contributed by atoms with Gasteiger partial charge < -0.3 is 4.74 Å². The Balaban J connectivity index is 4.41. The van der Waals surface area contributed by atoms with Gasteiger partial charge in [-0.15, -0.1) is 0 Å². The molecule has 0 aromatic rings. The molecule has 2 heteroatoms.